The second kappa shape index (κ2) is 3.11. The minimum absolute atomic E-state index is 0.104. The van der Waals surface area contributed by atoms with Crippen LogP contribution in [0.4, 0.5) is 5.82 Å². The summed E-state index contributed by atoms with van der Waals surface area (Å²) in [6.07, 6.45) is 1.36. The van der Waals surface area contributed by atoms with Gasteiger partial charge in [-0.25, -0.2) is 9.78 Å². The van der Waals surface area contributed by atoms with Crippen molar-refractivity contribution in [1.82, 2.24) is 9.97 Å². The van der Waals surface area contributed by atoms with E-state index in [-0.39, 0.29) is 5.11 Å². The van der Waals surface area contributed by atoms with Crippen LogP contribution < -0.4 is 16.7 Å². The van der Waals surface area contributed by atoms with Gasteiger partial charge in [-0.05, 0) is 18.3 Å². The Bertz CT molecular complexity index is 320. The predicted octanol–water partition coefficient (Wildman–Crippen LogP) is -0.575. The van der Waals surface area contributed by atoms with Crippen LogP contribution in [0.1, 0.15) is 0 Å². The molecule has 0 fully saturated rings. The SMILES string of the molecule is NC(=S)Nc1ccnc(=O)[nH]1. The Morgan fingerprint density at radius 2 is 2.55 bits per heavy atom. The fraction of sp³-hybridized carbons (Fsp3) is 0. The molecule has 0 saturated heterocycles. The summed E-state index contributed by atoms with van der Waals surface area (Å²) in [7, 11) is 0. The summed E-state index contributed by atoms with van der Waals surface area (Å²) in [5, 5.41) is 2.66. The van der Waals surface area contributed by atoms with E-state index < -0.39 is 5.69 Å². The van der Waals surface area contributed by atoms with Gasteiger partial charge in [0.05, 0.1) is 0 Å². The van der Waals surface area contributed by atoms with Crippen molar-refractivity contribution in [3.63, 3.8) is 0 Å². The quantitative estimate of drug-likeness (QED) is 0.491. The fourth-order valence-electron chi connectivity index (χ4n) is 0.574. The van der Waals surface area contributed by atoms with Gasteiger partial charge in [-0.3, -0.25) is 4.98 Å². The highest BCUT2D eigenvalue weighted by atomic mass is 32.1. The molecule has 6 heteroatoms. The predicted molar refractivity (Wildman–Crippen MR) is 45.3 cm³/mol. The van der Waals surface area contributed by atoms with Crippen LogP contribution in [0.2, 0.25) is 0 Å². The second-order valence-electron chi connectivity index (χ2n) is 1.78. The largest absolute Gasteiger partial charge is 0.376 e. The van der Waals surface area contributed by atoms with Gasteiger partial charge in [-0.1, -0.05) is 0 Å². The van der Waals surface area contributed by atoms with Gasteiger partial charge in [0.1, 0.15) is 5.82 Å². The third kappa shape index (κ3) is 2.34. The minimum atomic E-state index is -0.439. The lowest BCUT2D eigenvalue weighted by molar-refractivity contribution is 1.08. The van der Waals surface area contributed by atoms with E-state index in [9.17, 15) is 4.79 Å². The summed E-state index contributed by atoms with van der Waals surface area (Å²) < 4.78 is 0. The summed E-state index contributed by atoms with van der Waals surface area (Å²) in [5.41, 5.74) is 4.71. The van der Waals surface area contributed by atoms with Gasteiger partial charge in [0, 0.05) is 6.20 Å². The minimum Gasteiger partial charge on any atom is -0.376 e. The van der Waals surface area contributed by atoms with E-state index in [2.05, 4.69) is 27.5 Å². The van der Waals surface area contributed by atoms with Crippen LogP contribution in [0.3, 0.4) is 0 Å². The molecule has 0 spiro atoms. The molecule has 0 aliphatic rings. The Kier molecular flexibility index (Phi) is 2.17. The number of anilines is 1. The van der Waals surface area contributed by atoms with Crippen molar-refractivity contribution in [3.05, 3.63) is 22.7 Å². The Balaban J connectivity index is 2.88. The average molecular weight is 170 g/mol. The molecule has 0 atom stereocenters. The smallest absolute Gasteiger partial charge is 0.346 e. The Morgan fingerprint density at radius 1 is 1.82 bits per heavy atom. The van der Waals surface area contributed by atoms with Crippen LogP contribution in [0.25, 0.3) is 0 Å². The van der Waals surface area contributed by atoms with E-state index in [4.69, 9.17) is 5.73 Å². The van der Waals surface area contributed by atoms with Crippen LogP contribution in [0.5, 0.6) is 0 Å². The zero-order valence-corrected chi connectivity index (χ0v) is 6.31. The highest BCUT2D eigenvalue weighted by Crippen LogP contribution is 1.93. The van der Waals surface area contributed by atoms with Crippen molar-refractivity contribution in [3.8, 4) is 0 Å². The van der Waals surface area contributed by atoms with E-state index in [0.717, 1.165) is 0 Å². The highest BCUT2D eigenvalue weighted by Gasteiger charge is 1.91. The maximum Gasteiger partial charge on any atom is 0.346 e. The van der Waals surface area contributed by atoms with Crippen molar-refractivity contribution in [1.29, 1.82) is 0 Å². The van der Waals surface area contributed by atoms with E-state index in [0.29, 0.717) is 5.82 Å². The van der Waals surface area contributed by atoms with Crippen molar-refractivity contribution in [2.45, 2.75) is 0 Å². The number of nitrogens with one attached hydrogen (secondary N) is 2. The standard InChI is InChI=1S/C5H6N4OS/c6-4(11)8-3-1-2-7-5(10)9-3/h1-2H,(H4,6,7,8,9,10,11). The Hall–Kier alpha value is -1.43. The molecular weight excluding hydrogens is 164 g/mol. The lowest BCUT2D eigenvalue weighted by Crippen LogP contribution is -2.22. The number of aromatic amines is 1. The number of nitrogens with two attached hydrogens (primary N) is 1. The van der Waals surface area contributed by atoms with Gasteiger partial charge in [0.25, 0.3) is 0 Å². The number of H-pyrrole nitrogens is 1. The maximum atomic E-state index is 10.6. The van der Waals surface area contributed by atoms with Crippen LogP contribution in [0, 0.1) is 0 Å². The van der Waals surface area contributed by atoms with Crippen molar-refractivity contribution in [2.75, 3.05) is 5.32 Å². The van der Waals surface area contributed by atoms with Gasteiger partial charge in [0.15, 0.2) is 5.11 Å². The van der Waals surface area contributed by atoms with Crippen LogP contribution in [-0.4, -0.2) is 15.1 Å². The molecule has 1 rings (SSSR count). The zero-order chi connectivity index (χ0) is 8.27. The number of thiocarbonyl (C=S) groups is 1. The normalized spacial score (nSPS) is 9.09. The molecule has 1 heterocycles. The van der Waals surface area contributed by atoms with E-state index in [1.54, 1.807) is 6.07 Å². The van der Waals surface area contributed by atoms with E-state index >= 15 is 0 Å². The fourth-order valence-corrected chi connectivity index (χ4v) is 0.684. The number of hydrogen-bond acceptors (Lipinski definition) is 3. The average Bonchev–Trinajstić information content (AvgIpc) is 1.85. The third-order valence-electron chi connectivity index (χ3n) is 0.932. The monoisotopic (exact) mass is 170 g/mol. The summed E-state index contributed by atoms with van der Waals surface area (Å²) in [6.45, 7) is 0. The summed E-state index contributed by atoms with van der Waals surface area (Å²) in [4.78, 5) is 16.4. The molecule has 0 radical (unpaired) electrons. The topological polar surface area (TPSA) is 83.8 Å². The molecule has 0 saturated carbocycles. The number of rotatable bonds is 1. The Labute approximate surface area is 67.6 Å². The van der Waals surface area contributed by atoms with Crippen molar-refractivity contribution in [2.24, 2.45) is 5.73 Å². The van der Waals surface area contributed by atoms with Gasteiger partial charge in [0.2, 0.25) is 0 Å². The number of aromatic nitrogens is 2. The lowest BCUT2D eigenvalue weighted by atomic mass is 10.6. The van der Waals surface area contributed by atoms with Crippen molar-refractivity contribution < 1.29 is 0 Å². The molecule has 0 bridgehead atoms. The number of nitrogens with zero attached hydrogens (tertiary/aromatic N) is 1. The zero-order valence-electron chi connectivity index (χ0n) is 5.50. The lowest BCUT2D eigenvalue weighted by Gasteiger charge is -2.00. The first kappa shape index (κ1) is 7.67. The van der Waals surface area contributed by atoms with Crippen LogP contribution in [0.15, 0.2) is 17.1 Å². The van der Waals surface area contributed by atoms with Crippen LogP contribution in [-0.2, 0) is 0 Å². The van der Waals surface area contributed by atoms with Gasteiger partial charge >= 0.3 is 5.69 Å². The summed E-state index contributed by atoms with van der Waals surface area (Å²) >= 11 is 4.55. The molecule has 0 aromatic carbocycles. The van der Waals surface area contributed by atoms with E-state index in [1.807, 2.05) is 0 Å². The molecule has 11 heavy (non-hydrogen) atoms. The first-order valence-corrected chi connectivity index (χ1v) is 3.21. The van der Waals surface area contributed by atoms with Gasteiger partial charge < -0.3 is 11.1 Å². The van der Waals surface area contributed by atoms with Crippen molar-refractivity contribution >= 4 is 23.1 Å². The molecule has 0 aliphatic carbocycles. The molecule has 4 N–H and O–H groups in total. The van der Waals surface area contributed by atoms with E-state index in [1.165, 1.54) is 6.20 Å². The van der Waals surface area contributed by atoms with Gasteiger partial charge in [-0.15, -0.1) is 0 Å². The second-order valence-corrected chi connectivity index (χ2v) is 2.22. The van der Waals surface area contributed by atoms with Gasteiger partial charge in [-0.2, -0.15) is 0 Å². The molecule has 1 aromatic rings. The summed E-state index contributed by atoms with van der Waals surface area (Å²) in [6, 6.07) is 1.56. The van der Waals surface area contributed by atoms with Crippen LogP contribution >= 0.6 is 12.2 Å². The third-order valence-corrected chi connectivity index (χ3v) is 1.03. The first-order chi connectivity index (χ1) is 5.18. The molecule has 0 aliphatic heterocycles. The maximum absolute atomic E-state index is 10.6. The Morgan fingerprint density at radius 3 is 3.09 bits per heavy atom. The molecular formula is C5H6N4OS. The summed E-state index contributed by atoms with van der Waals surface area (Å²) in [5.74, 6) is 0.442. The molecule has 0 unspecified atom stereocenters. The first-order valence-electron chi connectivity index (χ1n) is 2.80. The molecule has 5 nitrogen and oxygen atoms in total. The number of hydrogen-bond donors (Lipinski definition) is 3. The molecule has 0 amide bonds. The molecule has 58 valence electrons. The molecule has 1 aromatic heterocycles. The highest BCUT2D eigenvalue weighted by molar-refractivity contribution is 7.80.